The minimum absolute atomic E-state index is 0.128. The highest BCUT2D eigenvalue weighted by molar-refractivity contribution is 5.96. The van der Waals surface area contributed by atoms with Crippen LogP contribution in [0.4, 0.5) is 0 Å². The van der Waals surface area contributed by atoms with Crippen molar-refractivity contribution >= 4 is 22.6 Å². The molecule has 160 valence electrons. The van der Waals surface area contributed by atoms with Crippen LogP contribution in [0.15, 0.2) is 96.5 Å². The maximum absolute atomic E-state index is 12.3. The fourth-order valence-corrected chi connectivity index (χ4v) is 3.83. The number of aryl methyl sites for hydroxylation is 1. The number of benzene rings is 2. The summed E-state index contributed by atoms with van der Waals surface area (Å²) in [7, 11) is 0. The molecule has 0 atom stereocenters. The van der Waals surface area contributed by atoms with E-state index >= 15 is 0 Å². The highest BCUT2D eigenvalue weighted by Gasteiger charge is 2.16. The second-order valence-corrected chi connectivity index (χ2v) is 7.67. The highest BCUT2D eigenvalue weighted by Crippen LogP contribution is 2.28. The summed E-state index contributed by atoms with van der Waals surface area (Å²) in [5.41, 5.74) is 3.94. The van der Waals surface area contributed by atoms with E-state index in [0.717, 1.165) is 22.9 Å². The molecule has 1 aliphatic rings. The van der Waals surface area contributed by atoms with E-state index in [2.05, 4.69) is 46.7 Å². The zero-order valence-electron chi connectivity index (χ0n) is 17.6. The van der Waals surface area contributed by atoms with E-state index < -0.39 is 5.97 Å². The van der Waals surface area contributed by atoms with E-state index in [1.807, 2.05) is 30.6 Å². The van der Waals surface area contributed by atoms with E-state index in [9.17, 15) is 14.7 Å². The predicted molar refractivity (Wildman–Crippen MR) is 126 cm³/mol. The number of amides is 1. The number of hydrogen-bond acceptors (Lipinski definition) is 3. The molecule has 4 rings (SSSR count). The number of carboxylic acids is 1. The first-order valence-corrected chi connectivity index (χ1v) is 10.6. The van der Waals surface area contributed by atoms with E-state index in [-0.39, 0.29) is 11.5 Å². The van der Waals surface area contributed by atoms with Crippen LogP contribution in [0.1, 0.15) is 24.8 Å². The Labute approximate surface area is 186 Å². The molecule has 0 aliphatic heterocycles. The number of rotatable bonds is 7. The van der Waals surface area contributed by atoms with Gasteiger partial charge in [0.25, 0.3) is 0 Å². The number of nitrogens with one attached hydrogen (secondary N) is 1. The second kappa shape index (κ2) is 9.88. The minimum Gasteiger partial charge on any atom is -0.478 e. The molecule has 1 amide bonds. The van der Waals surface area contributed by atoms with Gasteiger partial charge in [-0.2, -0.15) is 0 Å². The largest absolute Gasteiger partial charge is 0.478 e. The number of aromatic nitrogens is 1. The Hall–Kier alpha value is -3.99. The number of carboxylic acid groups (broad SMARTS) is 1. The average Bonchev–Trinajstić information content (AvgIpc) is 3.05. The molecular weight excluding hydrogens is 400 g/mol. The van der Waals surface area contributed by atoms with Crippen molar-refractivity contribution in [1.29, 1.82) is 0 Å². The van der Waals surface area contributed by atoms with Crippen LogP contribution in [0.5, 0.6) is 0 Å². The zero-order chi connectivity index (χ0) is 22.3. The number of hydrogen-bond donors (Lipinski definition) is 2. The lowest BCUT2D eigenvalue weighted by Crippen LogP contribution is -2.25. The lowest BCUT2D eigenvalue weighted by atomic mass is 9.97. The molecule has 5 nitrogen and oxygen atoms in total. The fraction of sp³-hybridized carbons (Fsp3) is 0.148. The summed E-state index contributed by atoms with van der Waals surface area (Å²) in [6.45, 7) is 0. The average molecular weight is 425 g/mol. The maximum atomic E-state index is 12.3. The molecule has 5 heteroatoms. The smallest absolute Gasteiger partial charge is 0.337 e. The van der Waals surface area contributed by atoms with E-state index in [0.29, 0.717) is 25.0 Å². The molecular formula is C27H24N2O3. The molecule has 0 spiro atoms. The van der Waals surface area contributed by atoms with Gasteiger partial charge in [-0.15, -0.1) is 0 Å². The monoisotopic (exact) mass is 424 g/mol. The number of aliphatic carboxylic acids is 1. The quantitative estimate of drug-likeness (QED) is 0.547. The second-order valence-electron chi connectivity index (χ2n) is 7.67. The van der Waals surface area contributed by atoms with Gasteiger partial charge in [-0.05, 0) is 53.5 Å². The third kappa shape index (κ3) is 5.01. The summed E-state index contributed by atoms with van der Waals surface area (Å²) in [4.78, 5) is 27.9. The third-order valence-corrected chi connectivity index (χ3v) is 5.47. The van der Waals surface area contributed by atoms with Crippen LogP contribution >= 0.6 is 0 Å². The van der Waals surface area contributed by atoms with Crippen LogP contribution in [0.3, 0.4) is 0 Å². The molecule has 1 aromatic heterocycles. The van der Waals surface area contributed by atoms with Gasteiger partial charge in [-0.1, -0.05) is 60.7 Å². The van der Waals surface area contributed by atoms with Crippen molar-refractivity contribution in [1.82, 2.24) is 10.3 Å². The number of carbonyl (C=O) groups is 2. The van der Waals surface area contributed by atoms with Crippen molar-refractivity contribution in [2.45, 2.75) is 25.7 Å². The van der Waals surface area contributed by atoms with Crippen molar-refractivity contribution in [3.05, 3.63) is 102 Å². The highest BCUT2D eigenvalue weighted by atomic mass is 16.4. The summed E-state index contributed by atoms with van der Waals surface area (Å²) in [5.74, 6) is -1.22. The molecule has 32 heavy (non-hydrogen) atoms. The van der Waals surface area contributed by atoms with Gasteiger partial charge in [0.1, 0.15) is 0 Å². The molecule has 1 heterocycles. The summed E-state index contributed by atoms with van der Waals surface area (Å²) in [5, 5.41) is 14.4. The molecule has 0 saturated heterocycles. The van der Waals surface area contributed by atoms with Crippen molar-refractivity contribution in [3.63, 3.8) is 0 Å². The van der Waals surface area contributed by atoms with Crippen molar-refractivity contribution in [2.24, 2.45) is 0 Å². The number of carbonyl (C=O) groups excluding carboxylic acids is 1. The number of pyridine rings is 1. The summed E-state index contributed by atoms with van der Waals surface area (Å²) < 4.78 is 0. The molecule has 0 bridgehead atoms. The normalized spacial score (nSPS) is 13.2. The fourth-order valence-electron chi connectivity index (χ4n) is 3.83. The Morgan fingerprint density at radius 1 is 1.06 bits per heavy atom. The van der Waals surface area contributed by atoms with Crippen LogP contribution in [0.2, 0.25) is 0 Å². The van der Waals surface area contributed by atoms with Crippen LogP contribution in [-0.2, 0) is 16.0 Å². The van der Waals surface area contributed by atoms with Gasteiger partial charge in [0, 0.05) is 24.2 Å². The molecule has 3 aromatic rings. The SMILES string of the molecule is O=C(CCCc1ccc(-c2cccc3cnccc23)cc1)NC1=CC=CCC=C1C(=O)O. The lowest BCUT2D eigenvalue weighted by molar-refractivity contribution is -0.132. The van der Waals surface area contributed by atoms with Crippen LogP contribution in [-0.4, -0.2) is 22.0 Å². The molecule has 2 aromatic carbocycles. The molecule has 0 fully saturated rings. The number of fused-ring (bicyclic) bond motifs is 1. The summed E-state index contributed by atoms with van der Waals surface area (Å²) >= 11 is 0. The van der Waals surface area contributed by atoms with Crippen molar-refractivity contribution in [3.8, 4) is 11.1 Å². The van der Waals surface area contributed by atoms with E-state index in [1.54, 1.807) is 18.2 Å². The van der Waals surface area contributed by atoms with Crippen LogP contribution < -0.4 is 5.32 Å². The Kier molecular flexibility index (Phi) is 6.56. The van der Waals surface area contributed by atoms with Crippen LogP contribution in [0, 0.1) is 0 Å². The van der Waals surface area contributed by atoms with Gasteiger partial charge in [-0.25, -0.2) is 4.79 Å². The summed E-state index contributed by atoms with van der Waals surface area (Å²) in [6, 6.07) is 16.6. The molecule has 0 unspecified atom stereocenters. The third-order valence-electron chi connectivity index (χ3n) is 5.47. The lowest BCUT2D eigenvalue weighted by Gasteiger charge is -2.10. The maximum Gasteiger partial charge on any atom is 0.337 e. The standard InChI is InChI=1S/C27H24N2O3/c30-26(29-25-10-3-1-2-8-24(25)27(31)32)11-4-6-19-12-14-20(15-13-19)22-9-5-7-21-18-28-17-16-23(21)22/h1,3,5,7-10,12-18H,2,4,6,11H2,(H,29,30)(H,31,32). The van der Waals surface area contributed by atoms with Crippen LogP contribution in [0.25, 0.3) is 21.9 Å². The Morgan fingerprint density at radius 3 is 2.72 bits per heavy atom. The molecule has 1 aliphatic carbocycles. The first-order chi connectivity index (χ1) is 15.6. The van der Waals surface area contributed by atoms with Gasteiger partial charge in [0.15, 0.2) is 0 Å². The van der Waals surface area contributed by atoms with Gasteiger partial charge in [0.05, 0.1) is 11.3 Å². The van der Waals surface area contributed by atoms with Crippen molar-refractivity contribution in [2.75, 3.05) is 0 Å². The topological polar surface area (TPSA) is 79.3 Å². The molecule has 2 N–H and O–H groups in total. The minimum atomic E-state index is -1.04. The van der Waals surface area contributed by atoms with Gasteiger partial charge >= 0.3 is 5.97 Å². The van der Waals surface area contributed by atoms with E-state index in [4.69, 9.17) is 0 Å². The van der Waals surface area contributed by atoms with E-state index in [1.165, 1.54) is 10.9 Å². The van der Waals surface area contributed by atoms with Crippen molar-refractivity contribution < 1.29 is 14.7 Å². The zero-order valence-corrected chi connectivity index (χ0v) is 17.6. The summed E-state index contributed by atoms with van der Waals surface area (Å²) in [6.07, 6.45) is 12.8. The first-order valence-electron chi connectivity index (χ1n) is 10.6. The molecule has 0 radical (unpaired) electrons. The Bertz CT molecular complexity index is 1230. The van der Waals surface area contributed by atoms with Gasteiger partial charge in [-0.3, -0.25) is 9.78 Å². The Morgan fingerprint density at radius 2 is 1.91 bits per heavy atom. The van der Waals surface area contributed by atoms with Gasteiger partial charge < -0.3 is 10.4 Å². The first kappa shape index (κ1) is 21.2. The van der Waals surface area contributed by atoms with Gasteiger partial charge in [0.2, 0.25) is 5.91 Å². The Balaban J connectivity index is 1.35. The molecule has 0 saturated carbocycles. The predicted octanol–water partition coefficient (Wildman–Crippen LogP) is 5.20. The number of allylic oxidation sites excluding steroid dienone is 4. The number of nitrogens with zero attached hydrogens (tertiary/aromatic N) is 1.